The van der Waals surface area contributed by atoms with Crippen molar-refractivity contribution in [2.45, 2.75) is 12.5 Å². The number of hydrogen-bond donors (Lipinski definition) is 0. The van der Waals surface area contributed by atoms with Crippen LogP contribution in [0.25, 0.3) is 0 Å². The van der Waals surface area contributed by atoms with Crippen molar-refractivity contribution in [3.05, 3.63) is 29.6 Å². The van der Waals surface area contributed by atoms with Crippen molar-refractivity contribution in [1.82, 2.24) is 4.90 Å². The fraction of sp³-hybridized carbons (Fsp3) is 0.462. The van der Waals surface area contributed by atoms with Gasteiger partial charge in [-0.1, -0.05) is 0 Å². The maximum atomic E-state index is 13.6. The van der Waals surface area contributed by atoms with E-state index >= 15 is 0 Å². The van der Waals surface area contributed by atoms with Crippen LogP contribution in [0.1, 0.15) is 16.8 Å². The Labute approximate surface area is 117 Å². The molecule has 1 saturated heterocycles. The summed E-state index contributed by atoms with van der Waals surface area (Å²) in [6, 6.07) is 3.59. The van der Waals surface area contributed by atoms with Crippen molar-refractivity contribution in [3.8, 4) is 5.75 Å². The molecule has 1 aromatic carbocycles. The molecule has 0 spiro atoms. The first-order valence-electron chi connectivity index (χ1n) is 6.15. The highest BCUT2D eigenvalue weighted by Crippen LogP contribution is 2.21. The molecule has 2 rings (SSSR count). The fourth-order valence-electron chi connectivity index (χ4n) is 2.25. The molecule has 0 aromatic heterocycles. The van der Waals surface area contributed by atoms with Crippen molar-refractivity contribution in [2.24, 2.45) is 0 Å². The molecule has 1 heterocycles. The van der Waals surface area contributed by atoms with E-state index < -0.39 is 21.6 Å². The van der Waals surface area contributed by atoms with E-state index in [1.165, 1.54) is 31.2 Å². The highest BCUT2D eigenvalue weighted by molar-refractivity contribution is 7.91. The first kappa shape index (κ1) is 14.8. The molecule has 1 aliphatic rings. The molecule has 110 valence electrons. The Hall–Kier alpha value is -1.63. The third-order valence-corrected chi connectivity index (χ3v) is 5.23. The molecule has 7 heteroatoms. The number of amides is 1. The summed E-state index contributed by atoms with van der Waals surface area (Å²) in [5.41, 5.74) is 0.176. The highest BCUT2D eigenvalue weighted by Gasteiger charge is 2.33. The molecule has 0 N–H and O–H groups in total. The largest absolute Gasteiger partial charge is 0.494 e. The van der Waals surface area contributed by atoms with Gasteiger partial charge in [0.1, 0.15) is 0 Å². The lowest BCUT2D eigenvalue weighted by Crippen LogP contribution is -2.37. The van der Waals surface area contributed by atoms with Gasteiger partial charge < -0.3 is 9.64 Å². The third kappa shape index (κ3) is 2.92. The molecule has 0 radical (unpaired) electrons. The molecule has 1 atom stereocenters. The van der Waals surface area contributed by atoms with Gasteiger partial charge >= 0.3 is 0 Å². The Morgan fingerprint density at radius 3 is 2.65 bits per heavy atom. The second-order valence-corrected chi connectivity index (χ2v) is 7.05. The Morgan fingerprint density at radius 2 is 2.15 bits per heavy atom. The molecule has 20 heavy (non-hydrogen) atoms. The summed E-state index contributed by atoms with van der Waals surface area (Å²) in [6.07, 6.45) is 0.420. The lowest BCUT2D eigenvalue weighted by atomic mass is 10.1. The second-order valence-electron chi connectivity index (χ2n) is 4.82. The number of nitrogens with zero attached hydrogens (tertiary/aromatic N) is 1. The van der Waals surface area contributed by atoms with E-state index in [1.807, 2.05) is 0 Å². The summed E-state index contributed by atoms with van der Waals surface area (Å²) in [5.74, 6) is -0.896. The monoisotopic (exact) mass is 301 g/mol. The highest BCUT2D eigenvalue weighted by atomic mass is 32.2. The molecule has 1 unspecified atom stereocenters. The lowest BCUT2D eigenvalue weighted by molar-refractivity contribution is 0.0747. The average Bonchev–Trinajstić information content (AvgIpc) is 2.77. The standard InChI is InChI=1S/C13H16FNO4S/c1-15(10-5-6-20(17,18)8-10)13(16)9-3-4-12(19-2)11(14)7-9/h3-4,7,10H,5-6,8H2,1-2H3. The summed E-state index contributed by atoms with van der Waals surface area (Å²) in [4.78, 5) is 13.6. The molecule has 1 aromatic rings. The first-order chi connectivity index (χ1) is 9.34. The van der Waals surface area contributed by atoms with Gasteiger partial charge in [-0.3, -0.25) is 4.79 Å². The topological polar surface area (TPSA) is 63.7 Å². The summed E-state index contributed by atoms with van der Waals surface area (Å²) >= 11 is 0. The van der Waals surface area contributed by atoms with Crippen LogP contribution in [0.2, 0.25) is 0 Å². The molecular formula is C13H16FNO4S. The quantitative estimate of drug-likeness (QED) is 0.838. The summed E-state index contributed by atoms with van der Waals surface area (Å²) < 4.78 is 41.2. The van der Waals surface area contributed by atoms with Crippen molar-refractivity contribution in [3.63, 3.8) is 0 Å². The maximum absolute atomic E-state index is 13.6. The van der Waals surface area contributed by atoms with Crippen LogP contribution in [0.15, 0.2) is 18.2 Å². The van der Waals surface area contributed by atoms with E-state index in [0.29, 0.717) is 6.42 Å². The number of rotatable bonds is 3. The van der Waals surface area contributed by atoms with Crippen LogP contribution in [0.5, 0.6) is 5.75 Å². The van der Waals surface area contributed by atoms with Crippen LogP contribution in [-0.2, 0) is 9.84 Å². The fourth-order valence-corrected chi connectivity index (χ4v) is 4.02. The first-order valence-corrected chi connectivity index (χ1v) is 7.97. The Kier molecular flexibility index (Phi) is 3.99. The van der Waals surface area contributed by atoms with Gasteiger partial charge in [0, 0.05) is 18.7 Å². The number of halogens is 1. The normalized spacial score (nSPS) is 20.6. The third-order valence-electron chi connectivity index (χ3n) is 3.48. The molecular weight excluding hydrogens is 285 g/mol. The average molecular weight is 301 g/mol. The van der Waals surface area contributed by atoms with Crippen LogP contribution in [0.4, 0.5) is 4.39 Å². The minimum absolute atomic E-state index is 0.0339. The van der Waals surface area contributed by atoms with Crippen molar-refractivity contribution in [1.29, 1.82) is 0 Å². The SMILES string of the molecule is COc1ccc(C(=O)N(C)C2CCS(=O)(=O)C2)cc1F. The zero-order chi connectivity index (χ0) is 14.9. The van der Waals surface area contributed by atoms with Crippen LogP contribution in [0.3, 0.4) is 0 Å². The molecule has 1 amide bonds. The van der Waals surface area contributed by atoms with Gasteiger partial charge in [-0.05, 0) is 24.6 Å². The predicted octanol–water partition coefficient (Wildman–Crippen LogP) is 1.09. The van der Waals surface area contributed by atoms with Crippen LogP contribution < -0.4 is 4.74 Å². The second kappa shape index (κ2) is 5.40. The zero-order valence-electron chi connectivity index (χ0n) is 11.3. The predicted molar refractivity (Wildman–Crippen MR) is 72.1 cm³/mol. The van der Waals surface area contributed by atoms with Gasteiger partial charge in [0.15, 0.2) is 21.4 Å². The number of benzene rings is 1. The van der Waals surface area contributed by atoms with E-state index in [0.717, 1.165) is 6.07 Å². The van der Waals surface area contributed by atoms with Crippen LogP contribution in [0, 0.1) is 5.82 Å². The lowest BCUT2D eigenvalue weighted by Gasteiger charge is -2.23. The van der Waals surface area contributed by atoms with Crippen molar-refractivity contribution < 1.29 is 22.3 Å². The van der Waals surface area contributed by atoms with E-state index in [-0.39, 0.29) is 28.9 Å². The van der Waals surface area contributed by atoms with Crippen molar-refractivity contribution >= 4 is 15.7 Å². The zero-order valence-corrected chi connectivity index (χ0v) is 12.1. The molecule has 0 aliphatic carbocycles. The maximum Gasteiger partial charge on any atom is 0.253 e. The Morgan fingerprint density at radius 1 is 1.45 bits per heavy atom. The summed E-state index contributed by atoms with van der Waals surface area (Å²) in [5, 5.41) is 0. The van der Waals surface area contributed by atoms with E-state index in [4.69, 9.17) is 4.74 Å². The number of hydrogen-bond acceptors (Lipinski definition) is 4. The number of sulfone groups is 1. The molecule has 1 fully saturated rings. The van der Waals surface area contributed by atoms with Crippen LogP contribution in [-0.4, -0.2) is 50.9 Å². The van der Waals surface area contributed by atoms with E-state index in [9.17, 15) is 17.6 Å². The smallest absolute Gasteiger partial charge is 0.253 e. The molecule has 5 nitrogen and oxygen atoms in total. The number of methoxy groups -OCH3 is 1. The number of ether oxygens (including phenoxy) is 1. The van der Waals surface area contributed by atoms with Gasteiger partial charge in [0.2, 0.25) is 0 Å². The summed E-state index contributed by atoms with van der Waals surface area (Å²) in [6.45, 7) is 0. The van der Waals surface area contributed by atoms with Gasteiger partial charge in [0.05, 0.1) is 18.6 Å². The van der Waals surface area contributed by atoms with Gasteiger partial charge in [-0.25, -0.2) is 12.8 Å². The molecule has 0 bridgehead atoms. The number of carbonyl (C=O) groups excluding carboxylic acids is 1. The van der Waals surface area contributed by atoms with E-state index in [2.05, 4.69) is 0 Å². The minimum Gasteiger partial charge on any atom is -0.494 e. The minimum atomic E-state index is -3.06. The van der Waals surface area contributed by atoms with Gasteiger partial charge in [-0.2, -0.15) is 0 Å². The Bertz CT molecular complexity index is 629. The van der Waals surface area contributed by atoms with Gasteiger partial charge in [-0.15, -0.1) is 0 Å². The molecule has 0 saturated carbocycles. The summed E-state index contributed by atoms with van der Waals surface area (Å²) in [7, 11) is -0.183. The van der Waals surface area contributed by atoms with E-state index in [1.54, 1.807) is 0 Å². The van der Waals surface area contributed by atoms with Crippen molar-refractivity contribution in [2.75, 3.05) is 25.7 Å². The van der Waals surface area contributed by atoms with Crippen LogP contribution >= 0.6 is 0 Å². The van der Waals surface area contributed by atoms with Gasteiger partial charge in [0.25, 0.3) is 5.91 Å². The molecule has 1 aliphatic heterocycles. The Balaban J connectivity index is 2.17. The number of carbonyl (C=O) groups is 1.